The van der Waals surface area contributed by atoms with Gasteiger partial charge in [-0.25, -0.2) is 19.3 Å². The maximum absolute atomic E-state index is 15.1. The Morgan fingerprint density at radius 2 is 1.94 bits per heavy atom. The highest BCUT2D eigenvalue weighted by atomic mass is 19.1. The number of carbonyl (C=O) groups excluding carboxylic acids is 1. The Labute approximate surface area is 186 Å². The molecule has 2 aromatic heterocycles. The molecule has 1 saturated heterocycles. The van der Waals surface area contributed by atoms with Gasteiger partial charge in [0.25, 0.3) is 5.91 Å². The van der Waals surface area contributed by atoms with Gasteiger partial charge in [-0.05, 0) is 68.3 Å². The molecular formula is C24H25FN6O. The Bertz CT molecular complexity index is 1110. The smallest absolute Gasteiger partial charge is 0.262 e. The van der Waals surface area contributed by atoms with Crippen LogP contribution in [0.3, 0.4) is 0 Å². The lowest BCUT2D eigenvalue weighted by Crippen LogP contribution is -2.49. The zero-order chi connectivity index (χ0) is 22.5. The second-order valence-electron chi connectivity index (χ2n) is 7.72. The highest BCUT2D eigenvalue weighted by Gasteiger charge is 2.31. The Morgan fingerprint density at radius 3 is 2.62 bits per heavy atom. The average Bonchev–Trinajstić information content (AvgIpc) is 2.81. The number of nitrogens with zero attached hydrogens (tertiary/aromatic N) is 4. The second-order valence-corrected chi connectivity index (χ2v) is 7.72. The summed E-state index contributed by atoms with van der Waals surface area (Å²) in [6.07, 6.45) is 6.54. The van der Waals surface area contributed by atoms with Crippen LogP contribution in [0.2, 0.25) is 0 Å². The van der Waals surface area contributed by atoms with E-state index in [0.29, 0.717) is 24.0 Å². The molecule has 164 valence electrons. The van der Waals surface area contributed by atoms with E-state index in [2.05, 4.69) is 32.2 Å². The molecule has 1 aliphatic rings. The molecule has 3 aromatic rings. The number of hydrogen-bond donors (Lipinski definition) is 2. The predicted molar refractivity (Wildman–Crippen MR) is 123 cm³/mol. The molecule has 0 bridgehead atoms. The van der Waals surface area contributed by atoms with Gasteiger partial charge < -0.3 is 10.6 Å². The monoisotopic (exact) mass is 432 g/mol. The molecule has 1 aliphatic heterocycles. The van der Waals surface area contributed by atoms with Crippen LogP contribution >= 0.6 is 0 Å². The van der Waals surface area contributed by atoms with Gasteiger partial charge in [0.2, 0.25) is 5.95 Å². The molecule has 0 unspecified atom stereocenters. The van der Waals surface area contributed by atoms with Crippen molar-refractivity contribution in [1.29, 1.82) is 0 Å². The van der Waals surface area contributed by atoms with Gasteiger partial charge in [-0.1, -0.05) is 6.58 Å². The minimum absolute atomic E-state index is 0.0200. The van der Waals surface area contributed by atoms with Gasteiger partial charge in [0.05, 0.1) is 11.6 Å². The maximum atomic E-state index is 15.1. The number of nitrogens with one attached hydrogen (secondary N) is 2. The molecule has 2 N–H and O–H groups in total. The van der Waals surface area contributed by atoms with Gasteiger partial charge in [0.1, 0.15) is 11.6 Å². The first-order chi connectivity index (χ1) is 15.5. The standard InChI is InChI=1S/C24H25FN6O/c1-16(2)19-7-4-11-27-22(19)31(18-6-3-10-26-15-18)23(32)20-9-8-17(14-21(20)25)30-24-28-12-5-13-29-24/h4-5,7-9,11-14,18,26H,1,3,6,10,15H2,2H3,(H,28,29,30)/t18-/m1/s1. The lowest BCUT2D eigenvalue weighted by atomic mass is 10.0. The van der Waals surface area contributed by atoms with Crippen molar-refractivity contribution in [3.05, 3.63) is 78.5 Å². The fraction of sp³-hybridized carbons (Fsp3) is 0.250. The number of piperidine rings is 1. The summed E-state index contributed by atoms with van der Waals surface area (Å²) >= 11 is 0. The molecule has 1 aromatic carbocycles. The van der Waals surface area contributed by atoms with Gasteiger partial charge in [-0.3, -0.25) is 9.69 Å². The van der Waals surface area contributed by atoms with Crippen LogP contribution in [0.15, 0.2) is 61.6 Å². The van der Waals surface area contributed by atoms with Crippen molar-refractivity contribution in [2.24, 2.45) is 0 Å². The van der Waals surface area contributed by atoms with E-state index in [1.807, 2.05) is 19.1 Å². The molecular weight excluding hydrogens is 407 g/mol. The SMILES string of the molecule is C=C(C)c1cccnc1N(C(=O)c1ccc(Nc2ncccn2)cc1F)[C@@H]1CCCNC1. The summed E-state index contributed by atoms with van der Waals surface area (Å²) in [6, 6.07) is 9.64. The van der Waals surface area contributed by atoms with Crippen molar-refractivity contribution in [3.63, 3.8) is 0 Å². The van der Waals surface area contributed by atoms with Crippen LogP contribution in [0.4, 0.5) is 21.8 Å². The van der Waals surface area contributed by atoms with Gasteiger partial charge >= 0.3 is 0 Å². The number of rotatable bonds is 6. The number of aromatic nitrogens is 3. The van der Waals surface area contributed by atoms with Crippen molar-refractivity contribution in [2.45, 2.75) is 25.8 Å². The number of hydrogen-bond acceptors (Lipinski definition) is 6. The zero-order valence-electron chi connectivity index (χ0n) is 17.9. The predicted octanol–water partition coefficient (Wildman–Crippen LogP) is 4.19. The molecule has 0 saturated carbocycles. The van der Waals surface area contributed by atoms with Crippen LogP contribution in [0.5, 0.6) is 0 Å². The summed E-state index contributed by atoms with van der Waals surface area (Å²) in [5.41, 5.74) is 1.99. The molecule has 1 atom stereocenters. The highest BCUT2D eigenvalue weighted by Crippen LogP contribution is 2.29. The number of anilines is 3. The van der Waals surface area contributed by atoms with E-state index in [1.165, 1.54) is 12.1 Å². The van der Waals surface area contributed by atoms with Crippen LogP contribution in [-0.2, 0) is 0 Å². The number of benzene rings is 1. The first-order valence-electron chi connectivity index (χ1n) is 10.5. The zero-order valence-corrected chi connectivity index (χ0v) is 17.9. The van der Waals surface area contributed by atoms with Crippen LogP contribution in [0.25, 0.3) is 5.57 Å². The number of halogens is 1. The van der Waals surface area contributed by atoms with Crippen molar-refractivity contribution < 1.29 is 9.18 Å². The third kappa shape index (κ3) is 4.65. The van der Waals surface area contributed by atoms with Crippen LogP contribution in [0, 0.1) is 5.82 Å². The molecule has 1 amide bonds. The van der Waals surface area contributed by atoms with E-state index in [4.69, 9.17) is 0 Å². The van der Waals surface area contributed by atoms with Crippen molar-refractivity contribution >= 4 is 28.9 Å². The third-order valence-corrected chi connectivity index (χ3v) is 5.35. The van der Waals surface area contributed by atoms with E-state index >= 15 is 4.39 Å². The Balaban J connectivity index is 1.69. The van der Waals surface area contributed by atoms with E-state index in [0.717, 1.165) is 30.5 Å². The Kier molecular flexibility index (Phi) is 6.51. The van der Waals surface area contributed by atoms with Crippen molar-refractivity contribution in [1.82, 2.24) is 20.3 Å². The number of amides is 1. The van der Waals surface area contributed by atoms with Crippen molar-refractivity contribution in [2.75, 3.05) is 23.3 Å². The number of allylic oxidation sites excluding steroid dienone is 1. The normalized spacial score (nSPS) is 15.8. The molecule has 3 heterocycles. The Morgan fingerprint density at radius 1 is 1.16 bits per heavy atom. The molecule has 4 rings (SSSR count). The largest absolute Gasteiger partial charge is 0.324 e. The third-order valence-electron chi connectivity index (χ3n) is 5.35. The summed E-state index contributed by atoms with van der Waals surface area (Å²) in [5.74, 6) is -0.212. The van der Waals surface area contributed by atoms with E-state index < -0.39 is 11.7 Å². The summed E-state index contributed by atoms with van der Waals surface area (Å²) in [5, 5.41) is 6.27. The maximum Gasteiger partial charge on any atom is 0.262 e. The van der Waals surface area contributed by atoms with E-state index in [-0.39, 0.29) is 11.6 Å². The van der Waals surface area contributed by atoms with Gasteiger partial charge in [-0.2, -0.15) is 0 Å². The molecule has 8 heteroatoms. The highest BCUT2D eigenvalue weighted by molar-refractivity contribution is 6.07. The minimum Gasteiger partial charge on any atom is -0.324 e. The topological polar surface area (TPSA) is 83.0 Å². The van der Waals surface area contributed by atoms with Crippen molar-refractivity contribution in [3.8, 4) is 0 Å². The molecule has 0 radical (unpaired) electrons. The van der Waals surface area contributed by atoms with Gasteiger partial charge in [0.15, 0.2) is 0 Å². The molecule has 32 heavy (non-hydrogen) atoms. The van der Waals surface area contributed by atoms with E-state index in [9.17, 15) is 4.79 Å². The summed E-state index contributed by atoms with van der Waals surface area (Å²) in [4.78, 5) is 27.9. The quantitative estimate of drug-likeness (QED) is 0.608. The second kappa shape index (κ2) is 9.65. The minimum atomic E-state index is -0.627. The van der Waals surface area contributed by atoms with Gasteiger partial charge in [-0.15, -0.1) is 0 Å². The summed E-state index contributed by atoms with van der Waals surface area (Å²) < 4.78 is 15.1. The first-order valence-corrected chi connectivity index (χ1v) is 10.5. The number of carbonyl (C=O) groups is 1. The lowest BCUT2D eigenvalue weighted by molar-refractivity contribution is 0.0967. The lowest BCUT2D eigenvalue weighted by Gasteiger charge is -2.35. The Hall–Kier alpha value is -3.65. The molecule has 7 nitrogen and oxygen atoms in total. The summed E-state index contributed by atoms with van der Waals surface area (Å²) in [7, 11) is 0. The fourth-order valence-electron chi connectivity index (χ4n) is 3.80. The molecule has 0 aliphatic carbocycles. The number of pyridine rings is 1. The van der Waals surface area contributed by atoms with Crippen LogP contribution in [0.1, 0.15) is 35.7 Å². The molecule has 0 spiro atoms. The van der Waals surface area contributed by atoms with Crippen LogP contribution < -0.4 is 15.5 Å². The average molecular weight is 433 g/mol. The summed E-state index contributed by atoms with van der Waals surface area (Å²) in [6.45, 7) is 7.41. The first kappa shape index (κ1) is 21.6. The fourth-order valence-corrected chi connectivity index (χ4v) is 3.80. The van der Waals surface area contributed by atoms with Crippen LogP contribution in [-0.4, -0.2) is 40.0 Å². The van der Waals surface area contributed by atoms with E-state index in [1.54, 1.807) is 35.6 Å². The molecule has 1 fully saturated rings. The van der Waals surface area contributed by atoms with Gasteiger partial charge in [0, 0.05) is 36.4 Å².